The molecule has 0 aromatic carbocycles. The van der Waals surface area contributed by atoms with Crippen LogP contribution in [0.5, 0.6) is 0 Å². The average Bonchev–Trinajstić information content (AvgIpc) is 1.30. The molecular formula is C5H12O2. The van der Waals surface area contributed by atoms with E-state index in [9.17, 15) is 0 Å². The minimum Gasteiger partial charge on any atom is -0.388 e. The third-order valence-corrected chi connectivity index (χ3v) is 0.498. The summed E-state index contributed by atoms with van der Waals surface area (Å²) in [6, 6.07) is 0. The van der Waals surface area contributed by atoms with Gasteiger partial charge in [0, 0.05) is 7.11 Å². The van der Waals surface area contributed by atoms with Gasteiger partial charge in [-0.1, -0.05) is 0 Å². The molecule has 0 rings (SSSR count). The van der Waals surface area contributed by atoms with Gasteiger partial charge in [0.05, 0.1) is 12.2 Å². The summed E-state index contributed by atoms with van der Waals surface area (Å²) < 4.78 is 4.66. The Morgan fingerprint density at radius 2 is 2.00 bits per heavy atom. The van der Waals surface area contributed by atoms with Crippen molar-refractivity contribution in [3.8, 4) is 0 Å². The van der Waals surface area contributed by atoms with Gasteiger partial charge in [-0.05, 0) is 13.8 Å². The van der Waals surface area contributed by atoms with Crippen LogP contribution in [0, 0.1) is 0 Å². The van der Waals surface area contributed by atoms with Crippen LogP contribution in [0.15, 0.2) is 0 Å². The molecule has 0 aromatic heterocycles. The van der Waals surface area contributed by atoms with E-state index in [0.717, 1.165) is 0 Å². The first kappa shape index (κ1) is 6.92. The van der Waals surface area contributed by atoms with Gasteiger partial charge in [0.1, 0.15) is 0 Å². The average molecular weight is 104 g/mol. The van der Waals surface area contributed by atoms with Crippen LogP contribution in [0.25, 0.3) is 0 Å². The summed E-state index contributed by atoms with van der Waals surface area (Å²) in [6.07, 6.45) is 0. The molecule has 0 spiro atoms. The number of rotatable bonds is 2. The Hall–Kier alpha value is -0.0800. The highest BCUT2D eigenvalue weighted by atomic mass is 16.5. The molecule has 2 nitrogen and oxygen atoms in total. The molecule has 0 aliphatic heterocycles. The van der Waals surface area contributed by atoms with Gasteiger partial charge < -0.3 is 9.84 Å². The van der Waals surface area contributed by atoms with Crippen molar-refractivity contribution in [1.29, 1.82) is 0 Å². The van der Waals surface area contributed by atoms with Crippen molar-refractivity contribution in [1.82, 2.24) is 0 Å². The van der Waals surface area contributed by atoms with Gasteiger partial charge in [0.25, 0.3) is 0 Å². The highest BCUT2D eigenvalue weighted by Gasteiger charge is 2.09. The van der Waals surface area contributed by atoms with E-state index < -0.39 is 5.60 Å². The Morgan fingerprint density at radius 1 is 1.57 bits per heavy atom. The summed E-state index contributed by atoms with van der Waals surface area (Å²) in [7, 11) is 1.57. The lowest BCUT2D eigenvalue weighted by Gasteiger charge is -2.13. The van der Waals surface area contributed by atoms with E-state index in [2.05, 4.69) is 4.74 Å². The normalized spacial score (nSPS) is 12.0. The molecule has 0 amide bonds. The summed E-state index contributed by atoms with van der Waals surface area (Å²) in [6.45, 7) is 3.81. The van der Waals surface area contributed by atoms with E-state index >= 15 is 0 Å². The number of hydrogen-bond donors (Lipinski definition) is 1. The fourth-order valence-electron chi connectivity index (χ4n) is 0.353. The molecule has 0 heterocycles. The fraction of sp³-hybridized carbons (Fsp3) is 1.00. The lowest BCUT2D eigenvalue weighted by molar-refractivity contribution is -0.00196. The molecule has 0 atom stereocenters. The predicted octanol–water partition coefficient (Wildman–Crippen LogP) is 0.404. The molecule has 0 aliphatic carbocycles. The van der Waals surface area contributed by atoms with Gasteiger partial charge in [-0.2, -0.15) is 0 Å². The summed E-state index contributed by atoms with van der Waals surface area (Å²) in [5, 5.41) is 8.89. The van der Waals surface area contributed by atoms with Crippen LogP contribution in [-0.2, 0) is 4.74 Å². The first-order valence-corrected chi connectivity index (χ1v) is 2.27. The SMILES string of the molecule is COCC(C)(C)O. The number of aliphatic hydroxyl groups is 1. The predicted molar refractivity (Wildman–Crippen MR) is 28.2 cm³/mol. The van der Waals surface area contributed by atoms with Crippen molar-refractivity contribution in [2.24, 2.45) is 0 Å². The van der Waals surface area contributed by atoms with Crippen molar-refractivity contribution < 1.29 is 9.84 Å². The number of hydrogen-bond acceptors (Lipinski definition) is 2. The van der Waals surface area contributed by atoms with E-state index in [1.807, 2.05) is 0 Å². The Morgan fingerprint density at radius 3 is 2.00 bits per heavy atom. The Bertz CT molecular complexity index is 44.5. The molecule has 0 aromatic rings. The van der Waals surface area contributed by atoms with Gasteiger partial charge in [-0.3, -0.25) is 0 Å². The zero-order valence-electron chi connectivity index (χ0n) is 5.06. The van der Waals surface area contributed by atoms with Gasteiger partial charge in [-0.25, -0.2) is 0 Å². The van der Waals surface area contributed by atoms with Crippen molar-refractivity contribution in [2.75, 3.05) is 13.7 Å². The van der Waals surface area contributed by atoms with Crippen molar-refractivity contribution in [2.45, 2.75) is 19.4 Å². The smallest absolute Gasteiger partial charge is 0.0824 e. The van der Waals surface area contributed by atoms with Gasteiger partial charge in [0.15, 0.2) is 0 Å². The molecule has 7 heavy (non-hydrogen) atoms. The molecule has 1 N–H and O–H groups in total. The van der Waals surface area contributed by atoms with E-state index in [4.69, 9.17) is 5.11 Å². The molecule has 0 bridgehead atoms. The Balaban J connectivity index is 3.15. The van der Waals surface area contributed by atoms with E-state index in [-0.39, 0.29) is 0 Å². The first-order valence-electron chi connectivity index (χ1n) is 2.27. The standard InChI is InChI=1S/C5H12O2/c1-5(2,6)4-7-3/h6H,4H2,1-3H3. The van der Waals surface area contributed by atoms with Crippen LogP contribution in [-0.4, -0.2) is 24.4 Å². The highest BCUT2D eigenvalue weighted by Crippen LogP contribution is 1.98. The molecule has 2 heteroatoms. The van der Waals surface area contributed by atoms with E-state index in [0.29, 0.717) is 6.61 Å². The number of ether oxygens (including phenoxy) is 1. The Kier molecular flexibility index (Phi) is 2.26. The van der Waals surface area contributed by atoms with Crippen LogP contribution in [0.3, 0.4) is 0 Å². The second-order valence-corrected chi connectivity index (χ2v) is 2.25. The monoisotopic (exact) mass is 104 g/mol. The summed E-state index contributed by atoms with van der Waals surface area (Å²) in [5.74, 6) is 0. The maximum atomic E-state index is 8.89. The minimum atomic E-state index is -0.672. The van der Waals surface area contributed by atoms with Crippen molar-refractivity contribution in [3.63, 3.8) is 0 Å². The molecular weight excluding hydrogens is 92.1 g/mol. The van der Waals surface area contributed by atoms with Gasteiger partial charge in [-0.15, -0.1) is 0 Å². The van der Waals surface area contributed by atoms with E-state index in [1.165, 1.54) is 0 Å². The molecule has 0 aliphatic rings. The molecule has 0 fully saturated rings. The van der Waals surface area contributed by atoms with Crippen LogP contribution in [0.1, 0.15) is 13.8 Å². The van der Waals surface area contributed by atoms with Crippen molar-refractivity contribution >= 4 is 0 Å². The topological polar surface area (TPSA) is 29.5 Å². The highest BCUT2D eigenvalue weighted by molar-refractivity contribution is 4.61. The second-order valence-electron chi connectivity index (χ2n) is 2.25. The zero-order valence-corrected chi connectivity index (χ0v) is 5.06. The molecule has 0 saturated carbocycles. The molecule has 0 saturated heterocycles. The lowest BCUT2D eigenvalue weighted by atomic mass is 10.2. The van der Waals surface area contributed by atoms with Crippen LogP contribution in [0.4, 0.5) is 0 Å². The summed E-state index contributed by atoms with van der Waals surface area (Å²) in [4.78, 5) is 0. The maximum absolute atomic E-state index is 8.89. The molecule has 44 valence electrons. The molecule has 0 unspecified atom stereocenters. The zero-order chi connectivity index (χ0) is 5.91. The minimum absolute atomic E-state index is 0.396. The maximum Gasteiger partial charge on any atom is 0.0824 e. The quantitative estimate of drug-likeness (QED) is 0.549. The lowest BCUT2D eigenvalue weighted by Crippen LogP contribution is -2.24. The number of methoxy groups -OCH3 is 1. The molecule has 0 radical (unpaired) electrons. The fourth-order valence-corrected chi connectivity index (χ4v) is 0.353. The largest absolute Gasteiger partial charge is 0.388 e. The first-order chi connectivity index (χ1) is 3.06. The van der Waals surface area contributed by atoms with Crippen LogP contribution in [0.2, 0.25) is 0 Å². The van der Waals surface area contributed by atoms with E-state index in [1.54, 1.807) is 21.0 Å². The summed E-state index contributed by atoms with van der Waals surface area (Å²) >= 11 is 0. The summed E-state index contributed by atoms with van der Waals surface area (Å²) in [5.41, 5.74) is -0.672. The van der Waals surface area contributed by atoms with Crippen LogP contribution >= 0.6 is 0 Å². The third-order valence-electron chi connectivity index (χ3n) is 0.498. The Labute approximate surface area is 44.1 Å². The van der Waals surface area contributed by atoms with Gasteiger partial charge in [0.2, 0.25) is 0 Å². The second kappa shape index (κ2) is 2.28. The van der Waals surface area contributed by atoms with Crippen LogP contribution < -0.4 is 0 Å². The van der Waals surface area contributed by atoms with Crippen molar-refractivity contribution in [3.05, 3.63) is 0 Å². The third kappa shape index (κ3) is 5.92. The van der Waals surface area contributed by atoms with Gasteiger partial charge >= 0.3 is 0 Å².